The van der Waals surface area contributed by atoms with Gasteiger partial charge in [-0.1, -0.05) is 31.2 Å². The quantitative estimate of drug-likeness (QED) is 0.517. The fraction of sp³-hybridized carbons (Fsp3) is 0.130. The van der Waals surface area contributed by atoms with Crippen LogP contribution in [0.3, 0.4) is 0 Å². The monoisotopic (exact) mass is 408 g/mol. The summed E-state index contributed by atoms with van der Waals surface area (Å²) in [5.41, 5.74) is 2.92. The Morgan fingerprint density at radius 3 is 2.41 bits per heavy atom. The van der Waals surface area contributed by atoms with Crippen molar-refractivity contribution in [2.45, 2.75) is 18.2 Å². The highest BCUT2D eigenvalue weighted by atomic mass is 32.2. The van der Waals surface area contributed by atoms with Crippen LogP contribution in [-0.2, 0) is 11.2 Å². The van der Waals surface area contributed by atoms with E-state index in [1.807, 2.05) is 36.4 Å². The van der Waals surface area contributed by atoms with Crippen molar-refractivity contribution in [3.8, 4) is 0 Å². The van der Waals surface area contributed by atoms with Crippen LogP contribution < -0.4 is 10.6 Å². The molecular formula is C23H21FN2O2S. The van der Waals surface area contributed by atoms with Crippen LogP contribution in [0.2, 0.25) is 0 Å². The molecule has 4 nitrogen and oxygen atoms in total. The number of halogens is 1. The van der Waals surface area contributed by atoms with E-state index in [0.29, 0.717) is 16.1 Å². The third kappa shape index (κ3) is 5.93. The Morgan fingerprint density at radius 1 is 0.897 bits per heavy atom. The molecule has 29 heavy (non-hydrogen) atoms. The van der Waals surface area contributed by atoms with Gasteiger partial charge in [-0.25, -0.2) is 4.39 Å². The van der Waals surface area contributed by atoms with Crippen molar-refractivity contribution in [1.82, 2.24) is 0 Å². The van der Waals surface area contributed by atoms with Gasteiger partial charge >= 0.3 is 0 Å². The SMILES string of the molecule is CCc1cccc(NC(=O)c2ccccc2SCC(=O)Nc2ccc(F)cc2)c1. The Labute approximate surface area is 173 Å². The van der Waals surface area contributed by atoms with Gasteiger partial charge in [0.05, 0.1) is 11.3 Å². The van der Waals surface area contributed by atoms with E-state index >= 15 is 0 Å². The summed E-state index contributed by atoms with van der Waals surface area (Å²) >= 11 is 1.28. The lowest BCUT2D eigenvalue weighted by Gasteiger charge is -2.11. The lowest BCUT2D eigenvalue weighted by atomic mass is 10.1. The highest BCUT2D eigenvalue weighted by Gasteiger charge is 2.13. The van der Waals surface area contributed by atoms with E-state index in [-0.39, 0.29) is 23.4 Å². The first-order valence-electron chi connectivity index (χ1n) is 9.22. The van der Waals surface area contributed by atoms with Crippen molar-refractivity contribution >= 4 is 35.0 Å². The number of aryl methyl sites for hydroxylation is 1. The summed E-state index contributed by atoms with van der Waals surface area (Å²) in [5, 5.41) is 5.63. The number of hydrogen-bond donors (Lipinski definition) is 2. The number of amides is 2. The van der Waals surface area contributed by atoms with Crippen LogP contribution in [0.1, 0.15) is 22.8 Å². The predicted octanol–water partition coefficient (Wildman–Crippen LogP) is 5.37. The normalized spacial score (nSPS) is 10.4. The molecule has 0 aliphatic carbocycles. The summed E-state index contributed by atoms with van der Waals surface area (Å²) in [6.45, 7) is 2.06. The van der Waals surface area contributed by atoms with Crippen LogP contribution >= 0.6 is 11.8 Å². The number of carbonyl (C=O) groups excluding carboxylic acids is 2. The molecule has 6 heteroatoms. The van der Waals surface area contributed by atoms with Crippen LogP contribution in [0.15, 0.2) is 77.7 Å². The molecule has 0 unspecified atom stereocenters. The van der Waals surface area contributed by atoms with Crippen molar-refractivity contribution in [2.75, 3.05) is 16.4 Å². The Morgan fingerprint density at radius 2 is 1.66 bits per heavy atom. The number of benzene rings is 3. The lowest BCUT2D eigenvalue weighted by molar-refractivity contribution is -0.113. The van der Waals surface area contributed by atoms with Crippen molar-refractivity contribution in [2.24, 2.45) is 0 Å². The summed E-state index contributed by atoms with van der Waals surface area (Å²) in [6.07, 6.45) is 0.888. The minimum Gasteiger partial charge on any atom is -0.325 e. The van der Waals surface area contributed by atoms with Crippen molar-refractivity contribution in [3.05, 3.63) is 89.7 Å². The molecule has 0 heterocycles. The predicted molar refractivity (Wildman–Crippen MR) is 116 cm³/mol. The molecule has 0 aromatic heterocycles. The van der Waals surface area contributed by atoms with E-state index in [1.54, 1.807) is 12.1 Å². The maximum Gasteiger partial charge on any atom is 0.256 e. The zero-order valence-corrected chi connectivity index (χ0v) is 16.8. The maximum absolute atomic E-state index is 13.0. The summed E-state index contributed by atoms with van der Waals surface area (Å²) in [6, 6.07) is 20.5. The number of carbonyl (C=O) groups is 2. The first kappa shape index (κ1) is 20.6. The number of thioether (sulfide) groups is 1. The van der Waals surface area contributed by atoms with Crippen molar-refractivity contribution in [3.63, 3.8) is 0 Å². The van der Waals surface area contributed by atoms with E-state index in [4.69, 9.17) is 0 Å². The van der Waals surface area contributed by atoms with Gasteiger partial charge in [0.1, 0.15) is 5.82 Å². The first-order valence-corrected chi connectivity index (χ1v) is 10.2. The standard InChI is InChI=1S/C23H21FN2O2S/c1-2-16-6-5-7-19(14-16)26-23(28)20-8-3-4-9-21(20)29-15-22(27)25-18-12-10-17(24)11-13-18/h3-14H,2,15H2,1H3,(H,25,27)(H,26,28). The summed E-state index contributed by atoms with van der Waals surface area (Å²) in [5.74, 6) is -0.679. The number of hydrogen-bond acceptors (Lipinski definition) is 3. The molecule has 3 aromatic rings. The molecule has 3 aromatic carbocycles. The molecule has 0 bridgehead atoms. The second-order valence-corrected chi connectivity index (χ2v) is 7.37. The second kappa shape index (κ2) is 9.89. The smallest absolute Gasteiger partial charge is 0.256 e. The largest absolute Gasteiger partial charge is 0.325 e. The highest BCUT2D eigenvalue weighted by Crippen LogP contribution is 2.24. The van der Waals surface area contributed by atoms with E-state index < -0.39 is 0 Å². The molecule has 0 spiro atoms. The number of anilines is 2. The molecule has 0 aliphatic rings. The van der Waals surface area contributed by atoms with Gasteiger partial charge in [-0.05, 0) is 60.5 Å². The molecule has 0 saturated heterocycles. The molecule has 0 fully saturated rings. The molecular weight excluding hydrogens is 387 g/mol. The highest BCUT2D eigenvalue weighted by molar-refractivity contribution is 8.00. The van der Waals surface area contributed by atoms with Gasteiger partial charge in [0.2, 0.25) is 5.91 Å². The Balaban J connectivity index is 1.64. The fourth-order valence-corrected chi connectivity index (χ4v) is 3.57. The van der Waals surface area contributed by atoms with E-state index in [2.05, 4.69) is 17.6 Å². The van der Waals surface area contributed by atoms with Crippen molar-refractivity contribution < 1.29 is 14.0 Å². The first-order chi connectivity index (χ1) is 14.0. The van der Waals surface area contributed by atoms with Crippen LogP contribution in [0, 0.1) is 5.82 Å². The molecule has 0 aliphatic heterocycles. The average molecular weight is 408 g/mol. The third-order valence-electron chi connectivity index (χ3n) is 4.21. The van der Waals surface area contributed by atoms with Crippen LogP contribution in [-0.4, -0.2) is 17.6 Å². The average Bonchev–Trinajstić information content (AvgIpc) is 2.74. The van der Waals surface area contributed by atoms with E-state index in [1.165, 1.54) is 36.0 Å². The summed E-state index contributed by atoms with van der Waals surface area (Å²) in [4.78, 5) is 25.6. The second-order valence-electron chi connectivity index (χ2n) is 6.35. The van der Waals surface area contributed by atoms with Crippen LogP contribution in [0.25, 0.3) is 0 Å². The Kier molecular flexibility index (Phi) is 7.03. The van der Waals surface area contributed by atoms with Gasteiger partial charge in [-0.2, -0.15) is 0 Å². The fourth-order valence-electron chi connectivity index (χ4n) is 2.72. The third-order valence-corrected chi connectivity index (χ3v) is 5.29. The van der Waals surface area contributed by atoms with Gasteiger partial charge in [-0.3, -0.25) is 9.59 Å². The number of nitrogens with one attached hydrogen (secondary N) is 2. The Hall–Kier alpha value is -3.12. The molecule has 2 amide bonds. The summed E-state index contributed by atoms with van der Waals surface area (Å²) in [7, 11) is 0. The zero-order valence-electron chi connectivity index (χ0n) is 15.9. The van der Waals surface area contributed by atoms with E-state index in [9.17, 15) is 14.0 Å². The molecule has 0 atom stereocenters. The van der Waals surface area contributed by atoms with Gasteiger partial charge in [0.15, 0.2) is 0 Å². The summed E-state index contributed by atoms with van der Waals surface area (Å²) < 4.78 is 13.0. The van der Waals surface area contributed by atoms with Gasteiger partial charge in [0, 0.05) is 16.3 Å². The van der Waals surface area contributed by atoms with Gasteiger partial charge in [-0.15, -0.1) is 11.8 Å². The Bertz CT molecular complexity index is 1010. The minimum absolute atomic E-state index is 0.132. The lowest BCUT2D eigenvalue weighted by Crippen LogP contribution is -2.16. The minimum atomic E-state index is -0.359. The zero-order chi connectivity index (χ0) is 20.6. The molecule has 0 radical (unpaired) electrons. The molecule has 0 saturated carbocycles. The molecule has 148 valence electrons. The molecule has 2 N–H and O–H groups in total. The van der Waals surface area contributed by atoms with Gasteiger partial charge in [0.25, 0.3) is 5.91 Å². The van der Waals surface area contributed by atoms with Crippen LogP contribution in [0.4, 0.5) is 15.8 Å². The maximum atomic E-state index is 13.0. The van der Waals surface area contributed by atoms with E-state index in [0.717, 1.165) is 17.7 Å². The molecule has 3 rings (SSSR count). The topological polar surface area (TPSA) is 58.2 Å². The van der Waals surface area contributed by atoms with Crippen LogP contribution in [0.5, 0.6) is 0 Å². The van der Waals surface area contributed by atoms with Gasteiger partial charge < -0.3 is 10.6 Å². The number of rotatable bonds is 7. The van der Waals surface area contributed by atoms with Crippen molar-refractivity contribution in [1.29, 1.82) is 0 Å².